The molecule has 66 valence electrons. The van der Waals surface area contributed by atoms with E-state index in [-0.39, 0.29) is 0 Å². The zero-order chi connectivity index (χ0) is 8.27. The SMILES string of the molecule is CC(C)CO[C@@H]1CCN(C)C1. The third-order valence-corrected chi connectivity index (χ3v) is 2.01. The number of hydrogen-bond donors (Lipinski definition) is 0. The van der Waals surface area contributed by atoms with Crippen molar-refractivity contribution in [2.45, 2.75) is 26.4 Å². The molecule has 0 N–H and O–H groups in total. The molecule has 0 aromatic rings. The summed E-state index contributed by atoms with van der Waals surface area (Å²) in [7, 11) is 2.15. The average Bonchev–Trinajstić information content (AvgIpc) is 2.31. The van der Waals surface area contributed by atoms with Crippen LogP contribution in [0.1, 0.15) is 20.3 Å². The Morgan fingerprint density at radius 1 is 1.55 bits per heavy atom. The largest absolute Gasteiger partial charge is 0.377 e. The molecule has 1 rings (SSSR count). The van der Waals surface area contributed by atoms with E-state index in [1.165, 1.54) is 13.0 Å². The van der Waals surface area contributed by atoms with Crippen LogP contribution >= 0.6 is 0 Å². The molecule has 0 radical (unpaired) electrons. The van der Waals surface area contributed by atoms with Gasteiger partial charge in [-0.3, -0.25) is 0 Å². The number of likely N-dealkylation sites (N-methyl/N-ethyl adjacent to an activating group) is 1. The summed E-state index contributed by atoms with van der Waals surface area (Å²) in [5.41, 5.74) is 0. The smallest absolute Gasteiger partial charge is 0.0714 e. The summed E-state index contributed by atoms with van der Waals surface area (Å²) in [6.07, 6.45) is 1.71. The highest BCUT2D eigenvalue weighted by atomic mass is 16.5. The Morgan fingerprint density at radius 2 is 2.27 bits per heavy atom. The highest BCUT2D eigenvalue weighted by molar-refractivity contribution is 4.72. The van der Waals surface area contributed by atoms with Crippen LogP contribution in [0.2, 0.25) is 0 Å². The van der Waals surface area contributed by atoms with Crippen molar-refractivity contribution in [1.82, 2.24) is 4.90 Å². The zero-order valence-corrected chi connectivity index (χ0v) is 7.84. The highest BCUT2D eigenvalue weighted by Gasteiger charge is 2.19. The minimum atomic E-state index is 0.502. The third kappa shape index (κ3) is 3.21. The second-order valence-corrected chi connectivity index (χ2v) is 3.90. The number of likely N-dealkylation sites (tertiary alicyclic amines) is 1. The quantitative estimate of drug-likeness (QED) is 0.613. The van der Waals surface area contributed by atoms with Crippen molar-refractivity contribution in [3.63, 3.8) is 0 Å². The lowest BCUT2D eigenvalue weighted by Gasteiger charge is -2.13. The van der Waals surface area contributed by atoms with E-state index in [4.69, 9.17) is 4.74 Å². The van der Waals surface area contributed by atoms with Gasteiger partial charge in [0.2, 0.25) is 0 Å². The molecule has 1 aliphatic heterocycles. The molecule has 1 saturated heterocycles. The minimum Gasteiger partial charge on any atom is -0.377 e. The van der Waals surface area contributed by atoms with Crippen LogP contribution in [0.5, 0.6) is 0 Å². The molecule has 0 saturated carbocycles. The molecule has 1 aliphatic rings. The summed E-state index contributed by atoms with van der Waals surface area (Å²) >= 11 is 0. The summed E-state index contributed by atoms with van der Waals surface area (Å²) in [5, 5.41) is 0. The second kappa shape index (κ2) is 4.07. The first-order valence-corrected chi connectivity index (χ1v) is 4.48. The molecule has 0 spiro atoms. The predicted molar refractivity (Wildman–Crippen MR) is 46.7 cm³/mol. The first kappa shape index (κ1) is 9.01. The molecule has 2 nitrogen and oxygen atoms in total. The van der Waals surface area contributed by atoms with Gasteiger partial charge in [-0.1, -0.05) is 13.8 Å². The summed E-state index contributed by atoms with van der Waals surface area (Å²) in [6, 6.07) is 0. The van der Waals surface area contributed by atoms with Crippen LogP contribution < -0.4 is 0 Å². The number of rotatable bonds is 3. The van der Waals surface area contributed by atoms with Crippen LogP contribution in [0.3, 0.4) is 0 Å². The molecule has 0 aromatic carbocycles. The molecule has 0 aromatic heterocycles. The van der Waals surface area contributed by atoms with E-state index < -0.39 is 0 Å². The Kier molecular flexibility index (Phi) is 3.34. The molecule has 1 fully saturated rings. The van der Waals surface area contributed by atoms with Crippen LogP contribution in [0.15, 0.2) is 0 Å². The molecule has 1 heterocycles. The van der Waals surface area contributed by atoms with Crippen molar-refractivity contribution < 1.29 is 4.74 Å². The van der Waals surface area contributed by atoms with Crippen molar-refractivity contribution in [2.24, 2.45) is 5.92 Å². The Bertz CT molecular complexity index is 114. The Labute approximate surface area is 69.5 Å². The van der Waals surface area contributed by atoms with E-state index in [1.807, 2.05) is 0 Å². The van der Waals surface area contributed by atoms with E-state index >= 15 is 0 Å². The molecule has 2 heteroatoms. The van der Waals surface area contributed by atoms with Crippen molar-refractivity contribution in [2.75, 3.05) is 26.7 Å². The van der Waals surface area contributed by atoms with E-state index in [2.05, 4.69) is 25.8 Å². The van der Waals surface area contributed by atoms with Crippen LogP contribution in [-0.4, -0.2) is 37.7 Å². The van der Waals surface area contributed by atoms with Gasteiger partial charge in [0, 0.05) is 19.7 Å². The summed E-state index contributed by atoms with van der Waals surface area (Å²) in [5.74, 6) is 0.668. The van der Waals surface area contributed by atoms with Gasteiger partial charge in [0.25, 0.3) is 0 Å². The maximum absolute atomic E-state index is 5.69. The first-order chi connectivity index (χ1) is 5.18. The molecule has 0 bridgehead atoms. The first-order valence-electron chi connectivity index (χ1n) is 4.48. The minimum absolute atomic E-state index is 0.502. The molecule has 0 amide bonds. The number of nitrogens with zero attached hydrogens (tertiary/aromatic N) is 1. The van der Waals surface area contributed by atoms with Crippen molar-refractivity contribution >= 4 is 0 Å². The van der Waals surface area contributed by atoms with Gasteiger partial charge in [0.1, 0.15) is 0 Å². The van der Waals surface area contributed by atoms with E-state index in [1.54, 1.807) is 0 Å². The third-order valence-electron chi connectivity index (χ3n) is 2.01. The lowest BCUT2D eigenvalue weighted by atomic mass is 10.2. The van der Waals surface area contributed by atoms with Gasteiger partial charge in [0.15, 0.2) is 0 Å². The predicted octanol–water partition coefficient (Wildman–Crippen LogP) is 1.36. The normalized spacial score (nSPS) is 26.7. The molecule has 1 atom stereocenters. The fourth-order valence-electron chi connectivity index (χ4n) is 1.36. The molecule has 11 heavy (non-hydrogen) atoms. The maximum atomic E-state index is 5.69. The average molecular weight is 157 g/mol. The van der Waals surface area contributed by atoms with Gasteiger partial charge in [-0.2, -0.15) is 0 Å². The lowest BCUT2D eigenvalue weighted by molar-refractivity contribution is 0.0432. The number of hydrogen-bond acceptors (Lipinski definition) is 2. The van der Waals surface area contributed by atoms with Crippen molar-refractivity contribution in [3.8, 4) is 0 Å². The second-order valence-electron chi connectivity index (χ2n) is 3.90. The van der Waals surface area contributed by atoms with E-state index in [0.717, 1.165) is 13.2 Å². The zero-order valence-electron chi connectivity index (χ0n) is 7.84. The summed E-state index contributed by atoms with van der Waals surface area (Å²) in [4.78, 5) is 2.32. The highest BCUT2D eigenvalue weighted by Crippen LogP contribution is 2.11. The van der Waals surface area contributed by atoms with Gasteiger partial charge >= 0.3 is 0 Å². The van der Waals surface area contributed by atoms with E-state index in [0.29, 0.717) is 12.0 Å². The van der Waals surface area contributed by atoms with E-state index in [9.17, 15) is 0 Å². The van der Waals surface area contributed by atoms with Gasteiger partial charge in [0.05, 0.1) is 6.10 Å². The lowest BCUT2D eigenvalue weighted by Crippen LogP contribution is -2.20. The van der Waals surface area contributed by atoms with Crippen molar-refractivity contribution in [1.29, 1.82) is 0 Å². The molecule has 0 aliphatic carbocycles. The van der Waals surface area contributed by atoms with Gasteiger partial charge in [-0.25, -0.2) is 0 Å². The Balaban J connectivity index is 2.08. The van der Waals surface area contributed by atoms with Gasteiger partial charge < -0.3 is 9.64 Å². The van der Waals surface area contributed by atoms with Gasteiger partial charge in [-0.05, 0) is 19.4 Å². The molecule has 0 unspecified atom stereocenters. The fraction of sp³-hybridized carbons (Fsp3) is 1.00. The summed E-state index contributed by atoms with van der Waals surface area (Å²) in [6.45, 7) is 7.62. The molecular formula is C9H19NO. The molecular weight excluding hydrogens is 138 g/mol. The van der Waals surface area contributed by atoms with Crippen LogP contribution in [-0.2, 0) is 4.74 Å². The Hall–Kier alpha value is -0.0800. The summed E-state index contributed by atoms with van der Waals surface area (Å²) < 4.78 is 5.69. The van der Waals surface area contributed by atoms with Gasteiger partial charge in [-0.15, -0.1) is 0 Å². The fourth-order valence-corrected chi connectivity index (χ4v) is 1.36. The maximum Gasteiger partial charge on any atom is 0.0714 e. The standard InChI is InChI=1S/C9H19NO/c1-8(2)7-11-9-4-5-10(3)6-9/h8-9H,4-7H2,1-3H3/t9-/m1/s1. The van der Waals surface area contributed by atoms with Crippen LogP contribution in [0.4, 0.5) is 0 Å². The Morgan fingerprint density at radius 3 is 2.73 bits per heavy atom. The monoisotopic (exact) mass is 157 g/mol. The van der Waals surface area contributed by atoms with Crippen LogP contribution in [0, 0.1) is 5.92 Å². The topological polar surface area (TPSA) is 12.5 Å². The van der Waals surface area contributed by atoms with Crippen LogP contribution in [0.25, 0.3) is 0 Å². The van der Waals surface area contributed by atoms with Crippen molar-refractivity contribution in [3.05, 3.63) is 0 Å². The number of ether oxygens (including phenoxy) is 1.